The molecule has 1 heterocycles. The molecule has 102 valence electrons. The molecule has 19 heavy (non-hydrogen) atoms. The quantitative estimate of drug-likeness (QED) is 0.748. The number of carbonyl (C=O) groups excluding carboxylic acids is 2. The van der Waals surface area contributed by atoms with Gasteiger partial charge in [0.1, 0.15) is 11.8 Å². The smallest absolute Gasteiger partial charge is 0.256 e. The molecule has 1 saturated heterocycles. The lowest BCUT2D eigenvalue weighted by molar-refractivity contribution is -0.127. The predicted octanol–water partition coefficient (Wildman–Crippen LogP) is 0.238. The van der Waals surface area contributed by atoms with Crippen LogP contribution < -0.4 is 15.8 Å². The van der Waals surface area contributed by atoms with Gasteiger partial charge in [-0.25, -0.2) is 0 Å². The van der Waals surface area contributed by atoms with Gasteiger partial charge in [-0.1, -0.05) is 6.07 Å². The second-order valence-electron chi connectivity index (χ2n) is 4.39. The first-order chi connectivity index (χ1) is 9.06. The normalized spacial score (nSPS) is 18.9. The van der Waals surface area contributed by atoms with E-state index >= 15 is 0 Å². The van der Waals surface area contributed by atoms with E-state index in [1.54, 1.807) is 25.1 Å². The number of hydrogen-bond donors (Lipinski definition) is 2. The number of rotatable bonds is 2. The lowest BCUT2D eigenvalue weighted by Crippen LogP contribution is -2.55. The van der Waals surface area contributed by atoms with E-state index in [9.17, 15) is 9.59 Å². The fourth-order valence-corrected chi connectivity index (χ4v) is 2.12. The van der Waals surface area contributed by atoms with Crippen LogP contribution in [0, 0.1) is 0 Å². The number of anilines is 1. The molecule has 0 bridgehead atoms. The van der Waals surface area contributed by atoms with Gasteiger partial charge in [0.05, 0.1) is 18.4 Å². The fraction of sp³-hybridized carbons (Fsp3) is 0.385. The van der Waals surface area contributed by atoms with Crippen LogP contribution in [-0.2, 0) is 4.79 Å². The molecule has 1 unspecified atom stereocenters. The summed E-state index contributed by atoms with van der Waals surface area (Å²) in [5.41, 5.74) is 6.57. The average Bonchev–Trinajstić information content (AvgIpc) is 2.41. The van der Waals surface area contributed by atoms with Gasteiger partial charge in [0.15, 0.2) is 0 Å². The largest absolute Gasteiger partial charge is 0.495 e. The molecule has 2 amide bonds. The number of benzene rings is 1. The Morgan fingerprint density at radius 3 is 2.95 bits per heavy atom. The maximum absolute atomic E-state index is 12.5. The number of para-hydroxylation sites is 1. The van der Waals surface area contributed by atoms with E-state index in [2.05, 4.69) is 5.32 Å². The first-order valence-electron chi connectivity index (χ1n) is 6.07. The number of hydrogen-bond acceptors (Lipinski definition) is 4. The molecule has 1 aliphatic heterocycles. The Bertz CT molecular complexity index is 516. The van der Waals surface area contributed by atoms with Crippen molar-refractivity contribution in [2.45, 2.75) is 13.0 Å². The van der Waals surface area contributed by atoms with Crippen LogP contribution in [0.1, 0.15) is 17.3 Å². The summed E-state index contributed by atoms with van der Waals surface area (Å²) in [5.74, 6) is 0.0554. The molecule has 1 aliphatic rings. The molecule has 0 saturated carbocycles. The summed E-state index contributed by atoms with van der Waals surface area (Å²) < 4.78 is 5.10. The summed E-state index contributed by atoms with van der Waals surface area (Å²) >= 11 is 0. The Hall–Kier alpha value is -2.24. The van der Waals surface area contributed by atoms with E-state index in [1.807, 2.05) is 0 Å². The minimum atomic E-state index is -0.494. The summed E-state index contributed by atoms with van der Waals surface area (Å²) in [4.78, 5) is 25.6. The molecule has 0 spiro atoms. The SMILES string of the molecule is COc1cccc(C(=O)N2CCNC(=O)C2C)c1N. The van der Waals surface area contributed by atoms with Crippen LogP contribution in [0.15, 0.2) is 18.2 Å². The zero-order valence-electron chi connectivity index (χ0n) is 11.0. The fourth-order valence-electron chi connectivity index (χ4n) is 2.12. The molecular weight excluding hydrogens is 246 g/mol. The van der Waals surface area contributed by atoms with E-state index < -0.39 is 6.04 Å². The van der Waals surface area contributed by atoms with E-state index in [0.29, 0.717) is 30.1 Å². The number of piperazine rings is 1. The molecule has 1 aromatic rings. The Kier molecular flexibility index (Phi) is 3.59. The number of nitrogen functional groups attached to an aromatic ring is 1. The Morgan fingerprint density at radius 2 is 2.26 bits per heavy atom. The second-order valence-corrected chi connectivity index (χ2v) is 4.39. The Balaban J connectivity index is 2.31. The van der Waals surface area contributed by atoms with Crippen molar-refractivity contribution in [1.29, 1.82) is 0 Å². The molecular formula is C13H17N3O3. The summed E-state index contributed by atoms with van der Waals surface area (Å²) in [5, 5.41) is 2.72. The molecule has 6 heteroatoms. The van der Waals surface area contributed by atoms with Gasteiger partial charge >= 0.3 is 0 Å². The van der Waals surface area contributed by atoms with Gasteiger partial charge < -0.3 is 20.7 Å². The topological polar surface area (TPSA) is 84.7 Å². The van der Waals surface area contributed by atoms with E-state index in [-0.39, 0.29) is 11.8 Å². The van der Waals surface area contributed by atoms with Crippen molar-refractivity contribution in [3.63, 3.8) is 0 Å². The minimum absolute atomic E-state index is 0.152. The van der Waals surface area contributed by atoms with Gasteiger partial charge in [0, 0.05) is 13.1 Å². The lowest BCUT2D eigenvalue weighted by Gasteiger charge is -2.33. The predicted molar refractivity (Wildman–Crippen MR) is 70.9 cm³/mol. The maximum atomic E-state index is 12.5. The highest BCUT2D eigenvalue weighted by atomic mass is 16.5. The number of nitrogens with one attached hydrogen (secondary N) is 1. The van der Waals surface area contributed by atoms with Crippen molar-refractivity contribution in [3.8, 4) is 5.75 Å². The minimum Gasteiger partial charge on any atom is -0.495 e. The molecule has 0 aliphatic carbocycles. The number of nitrogens with zero attached hydrogens (tertiary/aromatic N) is 1. The zero-order valence-corrected chi connectivity index (χ0v) is 11.0. The third-order valence-corrected chi connectivity index (χ3v) is 3.28. The lowest BCUT2D eigenvalue weighted by atomic mass is 10.1. The maximum Gasteiger partial charge on any atom is 0.256 e. The van der Waals surface area contributed by atoms with Gasteiger partial charge in [-0.3, -0.25) is 9.59 Å². The molecule has 1 atom stereocenters. The van der Waals surface area contributed by atoms with Gasteiger partial charge in [-0.15, -0.1) is 0 Å². The molecule has 2 rings (SSSR count). The van der Waals surface area contributed by atoms with Crippen LogP contribution in [0.3, 0.4) is 0 Å². The van der Waals surface area contributed by atoms with E-state index in [4.69, 9.17) is 10.5 Å². The molecule has 6 nitrogen and oxygen atoms in total. The van der Waals surface area contributed by atoms with Crippen LogP contribution in [0.4, 0.5) is 5.69 Å². The Labute approximate surface area is 111 Å². The van der Waals surface area contributed by atoms with Gasteiger partial charge in [-0.2, -0.15) is 0 Å². The van der Waals surface area contributed by atoms with Crippen molar-refractivity contribution in [1.82, 2.24) is 10.2 Å². The van der Waals surface area contributed by atoms with Crippen LogP contribution in [0.2, 0.25) is 0 Å². The highest BCUT2D eigenvalue weighted by molar-refractivity contribution is 6.02. The number of amides is 2. The van der Waals surface area contributed by atoms with Crippen LogP contribution in [0.25, 0.3) is 0 Å². The van der Waals surface area contributed by atoms with Gasteiger partial charge in [-0.05, 0) is 19.1 Å². The standard InChI is InChI=1S/C13H17N3O3/c1-8-12(17)15-6-7-16(8)13(18)9-4-3-5-10(19-2)11(9)14/h3-5,8H,6-7,14H2,1-2H3,(H,15,17). The van der Waals surface area contributed by atoms with Crippen molar-refractivity contribution in [3.05, 3.63) is 23.8 Å². The summed E-state index contributed by atoms with van der Waals surface area (Å²) in [6.07, 6.45) is 0. The Morgan fingerprint density at radius 1 is 1.53 bits per heavy atom. The van der Waals surface area contributed by atoms with E-state index in [1.165, 1.54) is 12.0 Å². The van der Waals surface area contributed by atoms with E-state index in [0.717, 1.165) is 0 Å². The first-order valence-corrected chi connectivity index (χ1v) is 6.07. The number of methoxy groups -OCH3 is 1. The number of ether oxygens (including phenoxy) is 1. The number of carbonyl (C=O) groups is 2. The third kappa shape index (κ3) is 2.33. The average molecular weight is 263 g/mol. The van der Waals surface area contributed by atoms with Crippen molar-refractivity contribution in [2.75, 3.05) is 25.9 Å². The van der Waals surface area contributed by atoms with Crippen LogP contribution in [-0.4, -0.2) is 43.0 Å². The molecule has 0 aromatic heterocycles. The van der Waals surface area contributed by atoms with Crippen molar-refractivity contribution < 1.29 is 14.3 Å². The van der Waals surface area contributed by atoms with Gasteiger partial charge in [0.2, 0.25) is 5.91 Å². The van der Waals surface area contributed by atoms with Crippen LogP contribution in [0.5, 0.6) is 5.75 Å². The monoisotopic (exact) mass is 263 g/mol. The molecule has 0 radical (unpaired) electrons. The highest BCUT2D eigenvalue weighted by Gasteiger charge is 2.31. The van der Waals surface area contributed by atoms with Crippen molar-refractivity contribution in [2.24, 2.45) is 0 Å². The molecule has 1 aromatic carbocycles. The molecule has 1 fully saturated rings. The summed E-state index contributed by atoms with van der Waals surface area (Å²) in [6.45, 7) is 2.63. The summed E-state index contributed by atoms with van der Waals surface area (Å²) in [6, 6.07) is 4.54. The summed E-state index contributed by atoms with van der Waals surface area (Å²) in [7, 11) is 1.50. The first kappa shape index (κ1) is 13.2. The number of nitrogens with two attached hydrogens (primary N) is 1. The van der Waals surface area contributed by atoms with Crippen molar-refractivity contribution >= 4 is 17.5 Å². The van der Waals surface area contributed by atoms with Crippen LogP contribution >= 0.6 is 0 Å². The highest BCUT2D eigenvalue weighted by Crippen LogP contribution is 2.26. The second kappa shape index (κ2) is 5.17. The zero-order chi connectivity index (χ0) is 14.0. The third-order valence-electron chi connectivity index (χ3n) is 3.28. The van der Waals surface area contributed by atoms with Gasteiger partial charge in [0.25, 0.3) is 5.91 Å². The molecule has 3 N–H and O–H groups in total.